The van der Waals surface area contributed by atoms with Crippen molar-refractivity contribution >= 4 is 23.4 Å². The molecule has 2 unspecified atom stereocenters. The largest absolute Gasteiger partial charge is 0.324 e. The Morgan fingerprint density at radius 1 is 1.47 bits per heavy atom. The number of hydrogen-bond donors (Lipinski definition) is 2. The van der Waals surface area contributed by atoms with Gasteiger partial charge in [-0.1, -0.05) is 26.0 Å². The average Bonchev–Trinajstić information content (AvgIpc) is 2.41. The summed E-state index contributed by atoms with van der Waals surface area (Å²) >= 11 is 1.76. The summed E-state index contributed by atoms with van der Waals surface area (Å²) in [5.41, 5.74) is 0.930. The van der Waals surface area contributed by atoms with E-state index in [0.29, 0.717) is 5.92 Å². The van der Waals surface area contributed by atoms with Crippen LogP contribution in [-0.2, 0) is 4.79 Å². The minimum absolute atomic E-state index is 0.0616. The van der Waals surface area contributed by atoms with Crippen LogP contribution in [0.2, 0.25) is 0 Å². The lowest BCUT2D eigenvalue weighted by molar-refractivity contribution is -0.119. The number of carbonyl (C=O) groups is 1. The van der Waals surface area contributed by atoms with E-state index in [1.54, 1.807) is 11.8 Å². The Balaban J connectivity index is 2.05. The molecule has 19 heavy (non-hydrogen) atoms. The first kappa shape index (κ1) is 14.4. The van der Waals surface area contributed by atoms with Gasteiger partial charge in [0.25, 0.3) is 0 Å². The van der Waals surface area contributed by atoms with Crippen molar-refractivity contribution in [1.82, 2.24) is 5.32 Å². The second-order valence-electron chi connectivity index (χ2n) is 4.97. The van der Waals surface area contributed by atoms with Crippen LogP contribution in [0.25, 0.3) is 0 Å². The van der Waals surface area contributed by atoms with Gasteiger partial charge < -0.3 is 10.6 Å². The molecule has 2 N–H and O–H groups in total. The van der Waals surface area contributed by atoms with Crippen molar-refractivity contribution in [3.8, 4) is 0 Å². The fraction of sp³-hybridized carbons (Fsp3) is 0.533. The van der Waals surface area contributed by atoms with Gasteiger partial charge in [-0.25, -0.2) is 0 Å². The van der Waals surface area contributed by atoms with Gasteiger partial charge in [0.15, 0.2) is 0 Å². The van der Waals surface area contributed by atoms with Gasteiger partial charge in [0, 0.05) is 4.90 Å². The molecule has 0 aromatic heterocycles. The Morgan fingerprint density at radius 3 is 3.00 bits per heavy atom. The van der Waals surface area contributed by atoms with Gasteiger partial charge >= 0.3 is 0 Å². The molecule has 1 amide bonds. The van der Waals surface area contributed by atoms with Crippen molar-refractivity contribution in [3.63, 3.8) is 0 Å². The Hall–Kier alpha value is -1.00. The van der Waals surface area contributed by atoms with E-state index in [4.69, 9.17) is 0 Å². The highest BCUT2D eigenvalue weighted by Gasteiger charge is 2.27. The Morgan fingerprint density at radius 2 is 2.26 bits per heavy atom. The van der Waals surface area contributed by atoms with E-state index < -0.39 is 0 Å². The molecule has 3 nitrogen and oxygen atoms in total. The van der Waals surface area contributed by atoms with Gasteiger partial charge in [-0.05, 0) is 43.2 Å². The van der Waals surface area contributed by atoms with Crippen LogP contribution in [0, 0.1) is 5.92 Å². The van der Waals surface area contributed by atoms with Crippen LogP contribution in [0.4, 0.5) is 5.69 Å². The second kappa shape index (κ2) is 6.96. The Labute approximate surface area is 119 Å². The molecule has 0 saturated carbocycles. The molecular formula is C15H22N2OS. The highest BCUT2D eigenvalue weighted by atomic mass is 32.2. The summed E-state index contributed by atoms with van der Waals surface area (Å²) in [6.45, 7) is 5.20. The number of carbonyl (C=O) groups excluding carboxylic acids is 1. The third kappa shape index (κ3) is 3.74. The smallest absolute Gasteiger partial charge is 0.241 e. The second-order valence-corrected chi connectivity index (χ2v) is 6.28. The van der Waals surface area contributed by atoms with Crippen molar-refractivity contribution in [1.29, 1.82) is 0 Å². The van der Waals surface area contributed by atoms with Crippen molar-refractivity contribution in [2.45, 2.75) is 37.6 Å². The zero-order chi connectivity index (χ0) is 13.7. The molecule has 1 heterocycles. The van der Waals surface area contributed by atoms with Gasteiger partial charge in [-0.15, -0.1) is 11.8 Å². The zero-order valence-electron chi connectivity index (χ0n) is 11.6. The Kier molecular flexibility index (Phi) is 5.28. The molecule has 0 radical (unpaired) electrons. The maximum absolute atomic E-state index is 12.4. The van der Waals surface area contributed by atoms with Crippen LogP contribution >= 0.6 is 11.8 Å². The maximum atomic E-state index is 12.4. The number of para-hydroxylation sites is 1. The molecule has 0 aliphatic carbocycles. The molecular weight excluding hydrogens is 256 g/mol. The predicted molar refractivity (Wildman–Crippen MR) is 81.7 cm³/mol. The lowest BCUT2D eigenvalue weighted by Crippen LogP contribution is -2.48. The molecule has 1 aromatic carbocycles. The van der Waals surface area contributed by atoms with Crippen LogP contribution in [0.5, 0.6) is 0 Å². The molecule has 1 aromatic rings. The molecule has 1 aliphatic heterocycles. The number of benzene rings is 1. The van der Waals surface area contributed by atoms with Gasteiger partial charge in [0.2, 0.25) is 5.91 Å². The summed E-state index contributed by atoms with van der Waals surface area (Å²) in [6, 6.07) is 7.95. The summed E-state index contributed by atoms with van der Waals surface area (Å²) in [5.74, 6) is 1.50. The number of hydrogen-bond acceptors (Lipinski definition) is 3. The standard InChI is InChI=1S/C15H22N2OS/c1-3-19-13-9-5-4-8-12(13)17-15(18)14-11(2)7-6-10-16-14/h4-5,8-9,11,14,16H,3,6-7,10H2,1-2H3,(H,17,18). The first-order chi connectivity index (χ1) is 9.22. The third-order valence-corrected chi connectivity index (χ3v) is 4.45. The van der Waals surface area contributed by atoms with E-state index in [1.807, 2.05) is 18.2 Å². The van der Waals surface area contributed by atoms with E-state index in [1.165, 1.54) is 0 Å². The topological polar surface area (TPSA) is 41.1 Å². The number of amides is 1. The number of anilines is 1. The molecule has 2 atom stereocenters. The molecule has 1 aliphatic rings. The summed E-state index contributed by atoms with van der Waals surface area (Å²) in [4.78, 5) is 13.5. The van der Waals surface area contributed by atoms with E-state index in [9.17, 15) is 4.79 Å². The van der Waals surface area contributed by atoms with E-state index in [0.717, 1.165) is 35.7 Å². The van der Waals surface area contributed by atoms with E-state index in [-0.39, 0.29) is 11.9 Å². The van der Waals surface area contributed by atoms with Crippen molar-refractivity contribution in [2.24, 2.45) is 5.92 Å². The van der Waals surface area contributed by atoms with Crippen molar-refractivity contribution in [2.75, 3.05) is 17.6 Å². The Bertz CT molecular complexity index is 436. The van der Waals surface area contributed by atoms with E-state index >= 15 is 0 Å². The van der Waals surface area contributed by atoms with Crippen LogP contribution in [0.1, 0.15) is 26.7 Å². The summed E-state index contributed by atoms with van der Waals surface area (Å²) < 4.78 is 0. The summed E-state index contributed by atoms with van der Waals surface area (Å²) in [5, 5.41) is 6.39. The molecule has 1 saturated heterocycles. The number of piperidine rings is 1. The molecule has 2 rings (SSSR count). The first-order valence-electron chi connectivity index (χ1n) is 6.98. The van der Waals surface area contributed by atoms with Gasteiger partial charge in [0.05, 0.1) is 11.7 Å². The lowest BCUT2D eigenvalue weighted by Gasteiger charge is -2.29. The van der Waals surface area contributed by atoms with Crippen LogP contribution in [-0.4, -0.2) is 24.2 Å². The van der Waals surface area contributed by atoms with Gasteiger partial charge in [-0.3, -0.25) is 4.79 Å². The monoisotopic (exact) mass is 278 g/mol. The predicted octanol–water partition coefficient (Wildman–Crippen LogP) is 3.13. The SMILES string of the molecule is CCSc1ccccc1NC(=O)C1NCCCC1C. The first-order valence-corrected chi connectivity index (χ1v) is 7.97. The maximum Gasteiger partial charge on any atom is 0.241 e. The van der Waals surface area contributed by atoms with Gasteiger partial charge in [0.1, 0.15) is 0 Å². The summed E-state index contributed by atoms with van der Waals surface area (Å²) in [6.07, 6.45) is 2.28. The fourth-order valence-corrected chi connectivity index (χ4v) is 3.22. The van der Waals surface area contributed by atoms with Crippen LogP contribution < -0.4 is 10.6 Å². The molecule has 0 bridgehead atoms. The molecule has 104 valence electrons. The highest BCUT2D eigenvalue weighted by molar-refractivity contribution is 7.99. The summed E-state index contributed by atoms with van der Waals surface area (Å²) in [7, 11) is 0. The normalized spacial score (nSPS) is 23.1. The number of nitrogens with one attached hydrogen (secondary N) is 2. The van der Waals surface area contributed by atoms with Gasteiger partial charge in [-0.2, -0.15) is 0 Å². The van der Waals surface area contributed by atoms with Crippen LogP contribution in [0.15, 0.2) is 29.2 Å². The third-order valence-electron chi connectivity index (χ3n) is 3.50. The minimum Gasteiger partial charge on any atom is -0.324 e. The molecule has 0 spiro atoms. The molecule has 4 heteroatoms. The van der Waals surface area contributed by atoms with Crippen molar-refractivity contribution in [3.05, 3.63) is 24.3 Å². The quantitative estimate of drug-likeness (QED) is 0.831. The minimum atomic E-state index is -0.0616. The number of thioether (sulfide) groups is 1. The highest BCUT2D eigenvalue weighted by Crippen LogP contribution is 2.27. The zero-order valence-corrected chi connectivity index (χ0v) is 12.4. The molecule has 1 fully saturated rings. The lowest BCUT2D eigenvalue weighted by atomic mass is 9.92. The van der Waals surface area contributed by atoms with Crippen molar-refractivity contribution < 1.29 is 4.79 Å². The number of rotatable bonds is 4. The van der Waals surface area contributed by atoms with Crippen LogP contribution in [0.3, 0.4) is 0 Å². The fourth-order valence-electron chi connectivity index (χ4n) is 2.46. The van der Waals surface area contributed by atoms with E-state index in [2.05, 4.69) is 30.5 Å². The average molecular weight is 278 g/mol.